The van der Waals surface area contributed by atoms with E-state index in [1.54, 1.807) is 7.11 Å². The summed E-state index contributed by atoms with van der Waals surface area (Å²) in [5, 5.41) is 0. The fourth-order valence-electron chi connectivity index (χ4n) is 1.65. The van der Waals surface area contributed by atoms with Crippen LogP contribution in [0, 0.1) is 3.57 Å². The van der Waals surface area contributed by atoms with Crippen molar-refractivity contribution in [3.05, 3.63) is 33.4 Å². The zero-order chi connectivity index (χ0) is 12.2. The van der Waals surface area contributed by atoms with Crippen molar-refractivity contribution >= 4 is 22.6 Å². The van der Waals surface area contributed by atoms with Crippen LogP contribution < -0.4 is 5.73 Å². The van der Waals surface area contributed by atoms with Crippen LogP contribution in [0.25, 0.3) is 0 Å². The summed E-state index contributed by atoms with van der Waals surface area (Å²) in [6.07, 6.45) is 1.78. The lowest BCUT2D eigenvalue weighted by molar-refractivity contribution is -0.0184. The topological polar surface area (TPSA) is 35.2 Å². The summed E-state index contributed by atoms with van der Waals surface area (Å²) in [6, 6.07) is 8.51. The lowest BCUT2D eigenvalue weighted by atomic mass is 9.89. The van der Waals surface area contributed by atoms with E-state index in [-0.39, 0.29) is 11.6 Å². The molecule has 0 bridgehead atoms. The molecule has 0 saturated heterocycles. The van der Waals surface area contributed by atoms with Crippen LogP contribution in [-0.2, 0) is 11.2 Å². The van der Waals surface area contributed by atoms with Crippen LogP contribution >= 0.6 is 22.6 Å². The molecule has 0 radical (unpaired) electrons. The van der Waals surface area contributed by atoms with Crippen molar-refractivity contribution in [2.24, 2.45) is 5.73 Å². The Balaban J connectivity index is 2.70. The van der Waals surface area contributed by atoms with Gasteiger partial charge in [0, 0.05) is 16.7 Å². The van der Waals surface area contributed by atoms with Gasteiger partial charge in [0.05, 0.1) is 5.60 Å². The average Bonchev–Trinajstić information content (AvgIpc) is 2.31. The Kier molecular flexibility index (Phi) is 5.21. The molecule has 16 heavy (non-hydrogen) atoms. The molecule has 0 fully saturated rings. The standard InChI is InChI=1S/C13H20INO/c1-4-13(2,16-3)12(15)9-10-5-7-11(14)8-6-10/h5-8,12H,4,9,15H2,1-3H3. The third kappa shape index (κ3) is 3.43. The molecule has 0 spiro atoms. The molecule has 0 heterocycles. The molecule has 0 aromatic heterocycles. The van der Waals surface area contributed by atoms with Gasteiger partial charge in [0.25, 0.3) is 0 Å². The first kappa shape index (κ1) is 13.9. The predicted molar refractivity (Wildman–Crippen MR) is 76.5 cm³/mol. The quantitative estimate of drug-likeness (QED) is 0.841. The maximum atomic E-state index is 6.22. The fourth-order valence-corrected chi connectivity index (χ4v) is 2.01. The molecule has 0 saturated carbocycles. The average molecular weight is 333 g/mol. The molecule has 2 nitrogen and oxygen atoms in total. The van der Waals surface area contributed by atoms with Crippen LogP contribution in [0.15, 0.2) is 24.3 Å². The molecule has 0 aliphatic rings. The first-order valence-electron chi connectivity index (χ1n) is 5.57. The second-order valence-corrected chi connectivity index (χ2v) is 5.55. The molecular formula is C13H20INO. The molecule has 90 valence electrons. The summed E-state index contributed by atoms with van der Waals surface area (Å²) in [7, 11) is 1.73. The second-order valence-electron chi connectivity index (χ2n) is 4.31. The van der Waals surface area contributed by atoms with E-state index in [9.17, 15) is 0 Å². The van der Waals surface area contributed by atoms with E-state index in [1.807, 2.05) is 0 Å². The molecule has 1 aromatic rings. The fraction of sp³-hybridized carbons (Fsp3) is 0.538. The minimum atomic E-state index is -0.233. The van der Waals surface area contributed by atoms with E-state index in [0.29, 0.717) is 0 Å². The van der Waals surface area contributed by atoms with Gasteiger partial charge < -0.3 is 10.5 Å². The van der Waals surface area contributed by atoms with Crippen LogP contribution in [0.4, 0.5) is 0 Å². The van der Waals surface area contributed by atoms with Gasteiger partial charge in [-0.3, -0.25) is 0 Å². The number of hydrogen-bond donors (Lipinski definition) is 1. The van der Waals surface area contributed by atoms with Crippen molar-refractivity contribution in [2.45, 2.75) is 38.3 Å². The van der Waals surface area contributed by atoms with Gasteiger partial charge in [0.15, 0.2) is 0 Å². The zero-order valence-corrected chi connectivity index (χ0v) is 12.3. The molecule has 0 aliphatic heterocycles. The van der Waals surface area contributed by atoms with Gasteiger partial charge in [-0.15, -0.1) is 0 Å². The van der Waals surface area contributed by atoms with Crippen LogP contribution in [0.3, 0.4) is 0 Å². The molecule has 2 N–H and O–H groups in total. The van der Waals surface area contributed by atoms with Crippen molar-refractivity contribution in [2.75, 3.05) is 7.11 Å². The van der Waals surface area contributed by atoms with Crippen LogP contribution in [-0.4, -0.2) is 18.8 Å². The Morgan fingerprint density at radius 3 is 2.38 bits per heavy atom. The van der Waals surface area contributed by atoms with Gasteiger partial charge in [-0.25, -0.2) is 0 Å². The van der Waals surface area contributed by atoms with Crippen molar-refractivity contribution in [3.8, 4) is 0 Å². The minimum absolute atomic E-state index is 0.0301. The predicted octanol–water partition coefficient (Wildman–Crippen LogP) is 2.98. The second kappa shape index (κ2) is 5.98. The van der Waals surface area contributed by atoms with Gasteiger partial charge >= 0.3 is 0 Å². The Hall–Kier alpha value is -0.130. The van der Waals surface area contributed by atoms with E-state index in [4.69, 9.17) is 10.5 Å². The summed E-state index contributed by atoms with van der Waals surface area (Å²) in [4.78, 5) is 0. The molecule has 1 aromatic carbocycles. The zero-order valence-electron chi connectivity index (χ0n) is 10.2. The Morgan fingerprint density at radius 1 is 1.38 bits per heavy atom. The molecule has 2 unspecified atom stereocenters. The van der Waals surface area contributed by atoms with E-state index < -0.39 is 0 Å². The van der Waals surface area contributed by atoms with Crippen LogP contribution in [0.1, 0.15) is 25.8 Å². The first-order chi connectivity index (χ1) is 7.51. The van der Waals surface area contributed by atoms with Gasteiger partial charge in [-0.05, 0) is 60.1 Å². The van der Waals surface area contributed by atoms with Gasteiger partial charge in [-0.1, -0.05) is 19.1 Å². The number of halogens is 1. The number of ether oxygens (including phenoxy) is 1. The van der Waals surface area contributed by atoms with E-state index in [2.05, 4.69) is 60.7 Å². The Morgan fingerprint density at radius 2 is 1.94 bits per heavy atom. The summed E-state index contributed by atoms with van der Waals surface area (Å²) in [5.74, 6) is 0. The smallest absolute Gasteiger partial charge is 0.0801 e. The number of nitrogens with two attached hydrogens (primary N) is 1. The minimum Gasteiger partial charge on any atom is -0.377 e. The highest BCUT2D eigenvalue weighted by Gasteiger charge is 2.29. The maximum absolute atomic E-state index is 6.22. The van der Waals surface area contributed by atoms with E-state index in [1.165, 1.54) is 9.13 Å². The number of benzene rings is 1. The number of methoxy groups -OCH3 is 1. The summed E-state index contributed by atoms with van der Waals surface area (Å²) < 4.78 is 6.77. The van der Waals surface area contributed by atoms with Crippen molar-refractivity contribution in [1.29, 1.82) is 0 Å². The van der Waals surface area contributed by atoms with Crippen molar-refractivity contribution in [1.82, 2.24) is 0 Å². The summed E-state index contributed by atoms with van der Waals surface area (Å²) in [6.45, 7) is 4.18. The highest BCUT2D eigenvalue weighted by molar-refractivity contribution is 14.1. The highest BCUT2D eigenvalue weighted by Crippen LogP contribution is 2.21. The highest BCUT2D eigenvalue weighted by atomic mass is 127. The Labute approximate surface area is 112 Å². The summed E-state index contributed by atoms with van der Waals surface area (Å²) in [5.41, 5.74) is 7.25. The van der Waals surface area contributed by atoms with Gasteiger partial charge in [-0.2, -0.15) is 0 Å². The molecule has 0 aliphatic carbocycles. The maximum Gasteiger partial charge on any atom is 0.0801 e. The third-order valence-corrected chi connectivity index (χ3v) is 4.04. The SMILES string of the molecule is CCC(C)(OC)C(N)Cc1ccc(I)cc1. The van der Waals surface area contributed by atoms with Crippen molar-refractivity contribution < 1.29 is 4.74 Å². The Bertz CT molecular complexity index is 319. The largest absolute Gasteiger partial charge is 0.377 e. The monoisotopic (exact) mass is 333 g/mol. The first-order valence-corrected chi connectivity index (χ1v) is 6.65. The normalized spacial score (nSPS) is 16.8. The molecule has 1 rings (SSSR count). The molecular weight excluding hydrogens is 313 g/mol. The van der Waals surface area contributed by atoms with Crippen LogP contribution in [0.2, 0.25) is 0 Å². The lowest BCUT2D eigenvalue weighted by Gasteiger charge is -2.33. The van der Waals surface area contributed by atoms with Gasteiger partial charge in [0.1, 0.15) is 0 Å². The number of hydrogen-bond acceptors (Lipinski definition) is 2. The van der Waals surface area contributed by atoms with E-state index >= 15 is 0 Å². The van der Waals surface area contributed by atoms with E-state index in [0.717, 1.165) is 12.8 Å². The molecule has 3 heteroatoms. The summed E-state index contributed by atoms with van der Waals surface area (Å²) >= 11 is 2.31. The van der Waals surface area contributed by atoms with Crippen molar-refractivity contribution in [3.63, 3.8) is 0 Å². The van der Waals surface area contributed by atoms with Crippen LogP contribution in [0.5, 0.6) is 0 Å². The molecule has 2 atom stereocenters. The molecule has 0 amide bonds. The lowest BCUT2D eigenvalue weighted by Crippen LogP contribution is -2.48. The van der Waals surface area contributed by atoms with Gasteiger partial charge in [0.2, 0.25) is 0 Å². The number of rotatable bonds is 5. The third-order valence-electron chi connectivity index (χ3n) is 3.32.